The molecule has 0 unspecified atom stereocenters. The van der Waals surface area contributed by atoms with E-state index in [1.165, 1.54) is 12.1 Å². The highest BCUT2D eigenvalue weighted by Crippen LogP contribution is 2.21. The number of esters is 3. The van der Waals surface area contributed by atoms with Gasteiger partial charge in [-0.15, -0.1) is 0 Å². The lowest BCUT2D eigenvalue weighted by Crippen LogP contribution is -2.11. The van der Waals surface area contributed by atoms with Crippen LogP contribution in [-0.2, 0) is 9.53 Å². The molecule has 0 atom stereocenters. The van der Waals surface area contributed by atoms with Gasteiger partial charge in [-0.05, 0) is 79.2 Å². The van der Waals surface area contributed by atoms with E-state index in [0.29, 0.717) is 40.7 Å². The standard InChI is InChI=1S/C30H30O8/c1-3-5-6-19-34-24-11-7-22(8-12-24)29(32)37-26-15-17-27(18-16-26)38-30(33)23-9-13-25(14-10-23)35-20-21-36-28(31)4-2/h4,7-18H,2-3,5-6,19-21H2,1H3. The first-order valence-corrected chi connectivity index (χ1v) is 12.3. The van der Waals surface area contributed by atoms with Gasteiger partial charge in [-0.25, -0.2) is 14.4 Å². The molecule has 0 saturated heterocycles. The summed E-state index contributed by atoms with van der Waals surface area (Å²) < 4.78 is 26.7. The third-order valence-electron chi connectivity index (χ3n) is 5.20. The largest absolute Gasteiger partial charge is 0.494 e. The molecule has 0 aliphatic carbocycles. The summed E-state index contributed by atoms with van der Waals surface area (Å²) in [7, 11) is 0. The van der Waals surface area contributed by atoms with Crippen LogP contribution >= 0.6 is 0 Å². The molecule has 3 aromatic rings. The van der Waals surface area contributed by atoms with Crippen LogP contribution in [0.1, 0.15) is 46.9 Å². The summed E-state index contributed by atoms with van der Waals surface area (Å²) in [5.74, 6) is 0.242. The zero-order chi connectivity index (χ0) is 27.2. The molecule has 38 heavy (non-hydrogen) atoms. The lowest BCUT2D eigenvalue weighted by Gasteiger charge is -2.09. The first-order valence-electron chi connectivity index (χ1n) is 12.3. The average molecular weight is 519 g/mol. The Morgan fingerprint density at radius 1 is 0.632 bits per heavy atom. The summed E-state index contributed by atoms with van der Waals surface area (Å²) in [6.07, 6.45) is 4.31. The minimum absolute atomic E-state index is 0.0837. The predicted molar refractivity (Wildman–Crippen MR) is 141 cm³/mol. The van der Waals surface area contributed by atoms with Crippen molar-refractivity contribution < 1.29 is 38.1 Å². The second-order valence-electron chi connectivity index (χ2n) is 8.07. The smallest absolute Gasteiger partial charge is 0.343 e. The average Bonchev–Trinajstić information content (AvgIpc) is 2.95. The Labute approximate surface area is 221 Å². The molecule has 0 fully saturated rings. The van der Waals surface area contributed by atoms with Crippen LogP contribution in [0.15, 0.2) is 85.5 Å². The second kappa shape index (κ2) is 14.8. The Kier molecular flexibility index (Phi) is 10.9. The molecule has 0 heterocycles. The predicted octanol–water partition coefficient (Wildman–Crippen LogP) is 5.80. The van der Waals surface area contributed by atoms with Crippen molar-refractivity contribution in [3.63, 3.8) is 0 Å². The van der Waals surface area contributed by atoms with Gasteiger partial charge in [-0.1, -0.05) is 26.3 Å². The van der Waals surface area contributed by atoms with Crippen molar-refractivity contribution in [2.24, 2.45) is 0 Å². The van der Waals surface area contributed by atoms with Crippen LogP contribution in [0.2, 0.25) is 0 Å². The highest BCUT2D eigenvalue weighted by molar-refractivity contribution is 5.92. The first-order chi connectivity index (χ1) is 18.5. The van der Waals surface area contributed by atoms with E-state index >= 15 is 0 Å². The van der Waals surface area contributed by atoms with Crippen molar-refractivity contribution in [2.45, 2.75) is 26.2 Å². The molecule has 0 N–H and O–H groups in total. The fourth-order valence-electron chi connectivity index (χ4n) is 3.18. The minimum Gasteiger partial charge on any atom is -0.494 e. The van der Waals surface area contributed by atoms with Crippen LogP contribution in [0.25, 0.3) is 0 Å². The summed E-state index contributed by atoms with van der Waals surface area (Å²) in [4.78, 5) is 35.9. The Hall–Kier alpha value is -4.59. The molecule has 0 spiro atoms. The fourth-order valence-corrected chi connectivity index (χ4v) is 3.18. The van der Waals surface area contributed by atoms with Gasteiger partial charge in [0.15, 0.2) is 0 Å². The number of rotatable bonds is 14. The molecule has 0 amide bonds. The van der Waals surface area contributed by atoms with E-state index < -0.39 is 17.9 Å². The molecule has 0 saturated carbocycles. The Morgan fingerprint density at radius 3 is 1.53 bits per heavy atom. The van der Waals surface area contributed by atoms with Crippen LogP contribution in [0, 0.1) is 0 Å². The van der Waals surface area contributed by atoms with E-state index in [1.807, 2.05) is 0 Å². The highest BCUT2D eigenvalue weighted by Gasteiger charge is 2.12. The number of unbranched alkanes of at least 4 members (excludes halogenated alkanes) is 2. The molecular weight excluding hydrogens is 488 g/mol. The molecule has 3 rings (SSSR count). The Balaban J connectivity index is 1.45. The lowest BCUT2D eigenvalue weighted by atomic mass is 10.2. The maximum Gasteiger partial charge on any atom is 0.343 e. The molecular formula is C30H30O8. The maximum atomic E-state index is 12.4. The number of ether oxygens (including phenoxy) is 5. The van der Waals surface area contributed by atoms with Crippen LogP contribution in [0.5, 0.6) is 23.0 Å². The molecule has 198 valence electrons. The third-order valence-corrected chi connectivity index (χ3v) is 5.20. The van der Waals surface area contributed by atoms with Gasteiger partial charge in [-0.2, -0.15) is 0 Å². The minimum atomic E-state index is -0.557. The highest BCUT2D eigenvalue weighted by atomic mass is 16.6. The van der Waals surface area contributed by atoms with E-state index in [2.05, 4.69) is 13.5 Å². The number of hydrogen-bond donors (Lipinski definition) is 0. The third kappa shape index (κ3) is 9.13. The van der Waals surface area contributed by atoms with Crippen LogP contribution in [0.4, 0.5) is 0 Å². The summed E-state index contributed by atoms with van der Waals surface area (Å²) in [5, 5.41) is 0. The number of carbonyl (C=O) groups is 3. The second-order valence-corrected chi connectivity index (χ2v) is 8.07. The van der Waals surface area contributed by atoms with Crippen molar-refractivity contribution >= 4 is 17.9 Å². The quantitative estimate of drug-likeness (QED) is 0.114. The van der Waals surface area contributed by atoms with Crippen molar-refractivity contribution in [1.82, 2.24) is 0 Å². The number of carbonyl (C=O) groups excluding carboxylic acids is 3. The van der Waals surface area contributed by atoms with E-state index in [1.54, 1.807) is 60.7 Å². The fraction of sp³-hybridized carbons (Fsp3) is 0.233. The van der Waals surface area contributed by atoms with Crippen LogP contribution < -0.4 is 18.9 Å². The van der Waals surface area contributed by atoms with Gasteiger partial charge in [-0.3, -0.25) is 0 Å². The molecule has 0 bridgehead atoms. The summed E-state index contributed by atoms with van der Waals surface area (Å²) in [6.45, 7) is 6.34. The van der Waals surface area contributed by atoms with Gasteiger partial charge < -0.3 is 23.7 Å². The van der Waals surface area contributed by atoms with Gasteiger partial charge >= 0.3 is 17.9 Å². The number of hydrogen-bond acceptors (Lipinski definition) is 8. The maximum absolute atomic E-state index is 12.4. The van der Waals surface area contributed by atoms with E-state index in [4.69, 9.17) is 23.7 Å². The van der Waals surface area contributed by atoms with Gasteiger partial charge in [0.2, 0.25) is 0 Å². The Bertz CT molecular complexity index is 1200. The van der Waals surface area contributed by atoms with Crippen molar-refractivity contribution in [3.8, 4) is 23.0 Å². The monoisotopic (exact) mass is 518 g/mol. The molecule has 0 aromatic heterocycles. The first kappa shape index (κ1) is 28.0. The van der Waals surface area contributed by atoms with Gasteiger partial charge in [0.1, 0.15) is 36.2 Å². The molecule has 3 aromatic carbocycles. The van der Waals surface area contributed by atoms with Gasteiger partial charge in [0, 0.05) is 6.08 Å². The molecule has 8 nitrogen and oxygen atoms in total. The van der Waals surface area contributed by atoms with E-state index in [9.17, 15) is 14.4 Å². The summed E-state index contributed by atoms with van der Waals surface area (Å²) in [5.41, 5.74) is 0.718. The van der Waals surface area contributed by atoms with Gasteiger partial charge in [0.25, 0.3) is 0 Å². The van der Waals surface area contributed by atoms with E-state index in [-0.39, 0.29) is 13.2 Å². The normalized spacial score (nSPS) is 10.2. The molecule has 0 aliphatic rings. The summed E-state index contributed by atoms with van der Waals surface area (Å²) >= 11 is 0. The molecule has 8 heteroatoms. The number of benzene rings is 3. The van der Waals surface area contributed by atoms with E-state index in [0.717, 1.165) is 25.3 Å². The molecule has 0 radical (unpaired) electrons. The SMILES string of the molecule is C=CC(=O)OCCOc1ccc(C(=O)Oc2ccc(OC(=O)c3ccc(OCCCCC)cc3)cc2)cc1. The van der Waals surface area contributed by atoms with Gasteiger partial charge in [0.05, 0.1) is 17.7 Å². The zero-order valence-corrected chi connectivity index (χ0v) is 21.2. The topological polar surface area (TPSA) is 97.4 Å². The molecule has 0 aliphatic heterocycles. The summed E-state index contributed by atoms with van der Waals surface area (Å²) in [6, 6.07) is 19.3. The lowest BCUT2D eigenvalue weighted by molar-refractivity contribution is -0.138. The van der Waals surface area contributed by atoms with Crippen molar-refractivity contribution in [1.29, 1.82) is 0 Å². The zero-order valence-electron chi connectivity index (χ0n) is 21.2. The van der Waals surface area contributed by atoms with Crippen LogP contribution in [-0.4, -0.2) is 37.7 Å². The Morgan fingerprint density at radius 2 is 1.08 bits per heavy atom. The van der Waals surface area contributed by atoms with Crippen molar-refractivity contribution in [2.75, 3.05) is 19.8 Å². The van der Waals surface area contributed by atoms with Crippen LogP contribution in [0.3, 0.4) is 0 Å². The van der Waals surface area contributed by atoms with Crippen molar-refractivity contribution in [3.05, 3.63) is 96.6 Å².